The second-order valence-corrected chi connectivity index (χ2v) is 5.42. The molecule has 1 heterocycles. The molecule has 3 aromatic rings. The second-order valence-electron chi connectivity index (χ2n) is 4.33. The maximum atomic E-state index is 12.1. The van der Waals surface area contributed by atoms with Crippen molar-refractivity contribution in [3.8, 4) is 0 Å². The van der Waals surface area contributed by atoms with Gasteiger partial charge in [-0.15, -0.1) is 11.3 Å². The lowest BCUT2D eigenvalue weighted by atomic mass is 10.2. The van der Waals surface area contributed by atoms with Crippen LogP contribution in [-0.4, -0.2) is 5.78 Å². The molecule has 19 heavy (non-hydrogen) atoms. The predicted octanol–water partition coefficient (Wildman–Crippen LogP) is 4.01. The lowest BCUT2D eigenvalue weighted by molar-refractivity contribution is -0.114. The highest BCUT2D eigenvalue weighted by atomic mass is 32.1. The van der Waals surface area contributed by atoms with Gasteiger partial charge in [-0.1, -0.05) is 24.3 Å². The van der Waals surface area contributed by atoms with Crippen LogP contribution < -0.4 is 5.43 Å². The average molecular weight is 270 g/mol. The minimum atomic E-state index is 0.139. The largest absolute Gasteiger partial charge is 0.300 e. The van der Waals surface area contributed by atoms with Gasteiger partial charge in [0.2, 0.25) is 0 Å². The van der Waals surface area contributed by atoms with Gasteiger partial charge in [0.15, 0.2) is 5.43 Å². The Bertz CT molecular complexity index is 726. The zero-order chi connectivity index (χ0) is 13.8. The number of fused-ring (bicyclic) bond motifs is 2. The molecular formula is C16H14O2S. The van der Waals surface area contributed by atoms with Gasteiger partial charge >= 0.3 is 0 Å². The summed E-state index contributed by atoms with van der Waals surface area (Å²) in [5.74, 6) is 0.167. The maximum Gasteiger partial charge on any atom is 0.195 e. The molecule has 0 fully saturated rings. The van der Waals surface area contributed by atoms with E-state index in [0.29, 0.717) is 0 Å². The summed E-state index contributed by atoms with van der Waals surface area (Å²) in [6, 6.07) is 15.5. The van der Waals surface area contributed by atoms with Crippen LogP contribution >= 0.6 is 11.3 Å². The normalized spacial score (nSPS) is 10.0. The van der Waals surface area contributed by atoms with Crippen LogP contribution in [0.2, 0.25) is 0 Å². The molecule has 0 bridgehead atoms. The summed E-state index contributed by atoms with van der Waals surface area (Å²) < 4.78 is 2.11. The SMILES string of the molecule is CC(C)=O.O=c1c2ccccc2sc2ccccc12. The summed E-state index contributed by atoms with van der Waals surface area (Å²) in [7, 11) is 0. The molecule has 96 valence electrons. The summed E-state index contributed by atoms with van der Waals surface area (Å²) in [6.45, 7) is 3.06. The molecule has 0 saturated carbocycles. The standard InChI is InChI=1S/C13H8OS.C3H6O/c14-13-9-5-1-3-7-11(9)15-12-8-4-2-6-10(12)13;1-3(2)4/h1-8H;1-2H3. The summed E-state index contributed by atoms with van der Waals surface area (Å²) in [4.78, 5) is 21.5. The number of ketones is 1. The number of hydrogen-bond acceptors (Lipinski definition) is 3. The highest BCUT2D eigenvalue weighted by Gasteiger charge is 2.03. The van der Waals surface area contributed by atoms with Crippen molar-refractivity contribution in [2.45, 2.75) is 13.8 Å². The van der Waals surface area contributed by atoms with Crippen molar-refractivity contribution in [1.29, 1.82) is 0 Å². The third-order valence-corrected chi connectivity index (χ3v) is 3.64. The molecule has 3 heteroatoms. The summed E-state index contributed by atoms with van der Waals surface area (Å²) in [5.41, 5.74) is 0.139. The fourth-order valence-corrected chi connectivity index (χ4v) is 2.82. The van der Waals surface area contributed by atoms with Crippen molar-refractivity contribution in [1.82, 2.24) is 0 Å². The first-order valence-electron chi connectivity index (χ1n) is 5.97. The predicted molar refractivity (Wildman–Crippen MR) is 82.0 cm³/mol. The van der Waals surface area contributed by atoms with Crippen LogP contribution in [0.5, 0.6) is 0 Å². The molecule has 0 atom stereocenters. The first-order valence-corrected chi connectivity index (χ1v) is 6.79. The molecule has 0 saturated heterocycles. The molecule has 0 unspecified atom stereocenters. The third-order valence-electron chi connectivity index (χ3n) is 2.48. The van der Waals surface area contributed by atoms with Crippen LogP contribution in [-0.2, 0) is 4.79 Å². The van der Waals surface area contributed by atoms with E-state index in [2.05, 4.69) is 0 Å². The van der Waals surface area contributed by atoms with Crippen LogP contribution in [0.15, 0.2) is 53.3 Å². The number of carbonyl (C=O) groups is 1. The van der Waals surface area contributed by atoms with Gasteiger partial charge in [0.1, 0.15) is 5.78 Å². The van der Waals surface area contributed by atoms with Gasteiger partial charge < -0.3 is 4.79 Å². The molecule has 0 aliphatic carbocycles. The first-order chi connectivity index (χ1) is 9.09. The molecule has 2 nitrogen and oxygen atoms in total. The number of carbonyl (C=O) groups excluding carboxylic acids is 1. The molecule has 0 aliphatic rings. The molecule has 0 aliphatic heterocycles. The van der Waals surface area contributed by atoms with Crippen molar-refractivity contribution in [2.24, 2.45) is 0 Å². The lowest BCUT2D eigenvalue weighted by Gasteiger charge is -1.99. The van der Waals surface area contributed by atoms with Crippen molar-refractivity contribution in [3.05, 3.63) is 58.8 Å². The van der Waals surface area contributed by atoms with Gasteiger partial charge in [-0.2, -0.15) is 0 Å². The van der Waals surface area contributed by atoms with E-state index in [1.54, 1.807) is 11.3 Å². The first kappa shape index (κ1) is 13.4. The second kappa shape index (κ2) is 5.76. The smallest absolute Gasteiger partial charge is 0.195 e. The Morgan fingerprint density at radius 3 is 1.63 bits per heavy atom. The van der Waals surface area contributed by atoms with Gasteiger partial charge in [0, 0.05) is 20.2 Å². The summed E-state index contributed by atoms with van der Waals surface area (Å²) in [6.07, 6.45) is 0. The Kier molecular flexibility index (Phi) is 4.07. The Balaban J connectivity index is 0.000000297. The molecule has 2 aromatic carbocycles. The number of hydrogen-bond donors (Lipinski definition) is 0. The van der Waals surface area contributed by atoms with Crippen molar-refractivity contribution in [2.75, 3.05) is 0 Å². The van der Waals surface area contributed by atoms with Crippen LogP contribution in [0.3, 0.4) is 0 Å². The van der Waals surface area contributed by atoms with E-state index in [9.17, 15) is 9.59 Å². The van der Waals surface area contributed by atoms with E-state index in [1.807, 2.05) is 48.5 Å². The topological polar surface area (TPSA) is 34.1 Å². The Labute approximate surface area is 115 Å². The molecule has 0 N–H and O–H groups in total. The van der Waals surface area contributed by atoms with Gasteiger partial charge in [-0.3, -0.25) is 4.79 Å². The van der Waals surface area contributed by atoms with Crippen molar-refractivity contribution < 1.29 is 4.79 Å². The molecule has 1 aromatic heterocycles. The zero-order valence-corrected chi connectivity index (χ0v) is 11.7. The zero-order valence-electron chi connectivity index (χ0n) is 10.8. The van der Waals surface area contributed by atoms with Crippen LogP contribution in [0.25, 0.3) is 20.2 Å². The van der Waals surface area contributed by atoms with E-state index in [1.165, 1.54) is 13.8 Å². The monoisotopic (exact) mass is 270 g/mol. The molecule has 0 amide bonds. The van der Waals surface area contributed by atoms with E-state index in [4.69, 9.17) is 0 Å². The van der Waals surface area contributed by atoms with Crippen LogP contribution in [0.1, 0.15) is 13.8 Å². The van der Waals surface area contributed by atoms with E-state index in [0.717, 1.165) is 20.2 Å². The van der Waals surface area contributed by atoms with Gasteiger partial charge in [0.05, 0.1) is 0 Å². The molecule has 0 radical (unpaired) electrons. The Hall–Kier alpha value is -2.00. The van der Waals surface area contributed by atoms with Gasteiger partial charge in [-0.25, -0.2) is 0 Å². The minimum absolute atomic E-state index is 0.139. The average Bonchev–Trinajstić information content (AvgIpc) is 2.38. The van der Waals surface area contributed by atoms with E-state index >= 15 is 0 Å². The fourth-order valence-electron chi connectivity index (χ4n) is 1.75. The molecule has 3 rings (SSSR count). The van der Waals surface area contributed by atoms with Gasteiger partial charge in [0.25, 0.3) is 0 Å². The van der Waals surface area contributed by atoms with E-state index in [-0.39, 0.29) is 11.2 Å². The number of benzene rings is 2. The quantitative estimate of drug-likeness (QED) is 0.578. The van der Waals surface area contributed by atoms with Crippen molar-refractivity contribution in [3.63, 3.8) is 0 Å². The molecular weight excluding hydrogens is 256 g/mol. The van der Waals surface area contributed by atoms with E-state index < -0.39 is 0 Å². The lowest BCUT2D eigenvalue weighted by Crippen LogP contribution is -1.99. The molecule has 0 spiro atoms. The van der Waals surface area contributed by atoms with Crippen molar-refractivity contribution >= 4 is 37.3 Å². The Morgan fingerprint density at radius 1 is 0.842 bits per heavy atom. The third kappa shape index (κ3) is 3.06. The number of rotatable bonds is 0. The van der Waals surface area contributed by atoms with Crippen LogP contribution in [0.4, 0.5) is 0 Å². The highest BCUT2D eigenvalue weighted by molar-refractivity contribution is 7.24. The minimum Gasteiger partial charge on any atom is -0.300 e. The number of Topliss-reactive ketones (excluding diaryl/α,β-unsaturated/α-hetero) is 1. The highest BCUT2D eigenvalue weighted by Crippen LogP contribution is 2.23. The summed E-state index contributed by atoms with van der Waals surface area (Å²) in [5, 5.41) is 1.64. The summed E-state index contributed by atoms with van der Waals surface area (Å²) >= 11 is 1.67. The van der Waals surface area contributed by atoms with Gasteiger partial charge in [-0.05, 0) is 38.1 Å². The maximum absolute atomic E-state index is 12.1. The van der Waals surface area contributed by atoms with Crippen LogP contribution in [0, 0.1) is 0 Å². The Morgan fingerprint density at radius 2 is 1.21 bits per heavy atom. The fraction of sp³-hybridized carbons (Fsp3) is 0.125.